The van der Waals surface area contributed by atoms with Crippen molar-refractivity contribution in [3.63, 3.8) is 0 Å². The first-order chi connectivity index (χ1) is 16.9. The average Bonchev–Trinajstić information content (AvgIpc) is 3.43. The smallest absolute Gasteiger partial charge is 0.339 e. The summed E-state index contributed by atoms with van der Waals surface area (Å²) in [5.41, 5.74) is 3.72. The molecule has 0 aliphatic carbocycles. The Hall–Kier alpha value is -4.60. The van der Waals surface area contributed by atoms with Crippen LogP contribution in [0.1, 0.15) is 26.3 Å². The Balaban J connectivity index is 1.69. The largest absolute Gasteiger partial charge is 0.465 e. The van der Waals surface area contributed by atoms with Crippen LogP contribution in [0.5, 0.6) is 0 Å². The summed E-state index contributed by atoms with van der Waals surface area (Å²) < 4.78 is 36.9. The van der Waals surface area contributed by atoms with E-state index in [4.69, 9.17) is 9.47 Å². The number of aromatic nitrogens is 3. The number of carbonyl (C=O) groups is 2. The van der Waals surface area contributed by atoms with Crippen LogP contribution in [0.4, 0.5) is 14.5 Å². The molecule has 0 aliphatic heterocycles. The number of H-pyrrole nitrogens is 1. The Morgan fingerprint density at radius 3 is 2.23 bits per heavy atom. The molecule has 0 aliphatic rings. The number of anilines is 1. The fourth-order valence-electron chi connectivity index (χ4n) is 3.55. The summed E-state index contributed by atoms with van der Waals surface area (Å²) in [4.78, 5) is 24.8. The molecule has 3 aromatic carbocycles. The number of carbonyl (C=O) groups excluding carboxylic acids is 2. The van der Waals surface area contributed by atoms with Crippen LogP contribution in [0.2, 0.25) is 0 Å². The molecule has 8 nitrogen and oxygen atoms in total. The highest BCUT2D eigenvalue weighted by Gasteiger charge is 2.17. The van der Waals surface area contributed by atoms with Crippen molar-refractivity contribution in [2.45, 2.75) is 6.54 Å². The summed E-state index contributed by atoms with van der Waals surface area (Å²) in [6.07, 6.45) is 1.53. The van der Waals surface area contributed by atoms with Crippen molar-refractivity contribution in [3.8, 4) is 22.4 Å². The van der Waals surface area contributed by atoms with Crippen molar-refractivity contribution >= 4 is 17.6 Å². The molecule has 0 bridgehead atoms. The van der Waals surface area contributed by atoms with Crippen LogP contribution in [0.3, 0.4) is 0 Å². The van der Waals surface area contributed by atoms with Gasteiger partial charge in [-0.2, -0.15) is 15.4 Å². The number of esters is 2. The average molecular weight is 478 g/mol. The molecule has 0 radical (unpaired) electrons. The lowest BCUT2D eigenvalue weighted by Crippen LogP contribution is -2.12. The number of nitrogens with one attached hydrogen (secondary N) is 2. The van der Waals surface area contributed by atoms with Crippen molar-refractivity contribution in [1.29, 1.82) is 0 Å². The standard InChI is InChI=1S/C25H20F2N4O4/c1-34-24(32)18-7-5-15(14-6-8-20(26)21(27)10-14)11-22(18)28-12-17-4-3-16(23-13-29-31-30-23)9-19(17)25(33)35-2/h3-11,13,28H,12H2,1-2H3,(H,29,30,31). The first-order valence-electron chi connectivity index (χ1n) is 10.4. The first-order valence-corrected chi connectivity index (χ1v) is 10.4. The highest BCUT2D eigenvalue weighted by Crippen LogP contribution is 2.29. The first kappa shape index (κ1) is 23.6. The minimum Gasteiger partial charge on any atom is -0.465 e. The van der Waals surface area contributed by atoms with Gasteiger partial charge in [-0.3, -0.25) is 0 Å². The third-order valence-electron chi connectivity index (χ3n) is 5.37. The lowest BCUT2D eigenvalue weighted by atomic mass is 10.0. The molecular formula is C25H20F2N4O4. The number of hydrogen-bond acceptors (Lipinski definition) is 7. The summed E-state index contributed by atoms with van der Waals surface area (Å²) >= 11 is 0. The van der Waals surface area contributed by atoms with Crippen LogP contribution in [0, 0.1) is 11.6 Å². The van der Waals surface area contributed by atoms with E-state index in [9.17, 15) is 18.4 Å². The Morgan fingerprint density at radius 1 is 0.857 bits per heavy atom. The Labute approximate surface area is 198 Å². The van der Waals surface area contributed by atoms with E-state index in [2.05, 4.69) is 20.7 Å². The van der Waals surface area contributed by atoms with Crippen LogP contribution in [-0.4, -0.2) is 41.6 Å². The van der Waals surface area contributed by atoms with Crippen molar-refractivity contribution < 1.29 is 27.8 Å². The number of methoxy groups -OCH3 is 2. The van der Waals surface area contributed by atoms with Gasteiger partial charge in [-0.1, -0.05) is 24.3 Å². The fraction of sp³-hybridized carbons (Fsp3) is 0.120. The maximum atomic E-state index is 13.8. The lowest BCUT2D eigenvalue weighted by Gasteiger charge is -2.15. The molecule has 0 spiro atoms. The lowest BCUT2D eigenvalue weighted by molar-refractivity contribution is 0.0591. The zero-order valence-electron chi connectivity index (χ0n) is 18.8. The predicted molar refractivity (Wildman–Crippen MR) is 124 cm³/mol. The van der Waals surface area contributed by atoms with E-state index in [1.54, 1.807) is 30.3 Å². The molecule has 0 atom stereocenters. The Morgan fingerprint density at radius 2 is 1.54 bits per heavy atom. The van der Waals surface area contributed by atoms with Gasteiger partial charge in [0.2, 0.25) is 0 Å². The minimum absolute atomic E-state index is 0.148. The van der Waals surface area contributed by atoms with Gasteiger partial charge in [0, 0.05) is 17.8 Å². The van der Waals surface area contributed by atoms with Gasteiger partial charge in [-0.05, 0) is 47.0 Å². The van der Waals surface area contributed by atoms with Gasteiger partial charge in [0.1, 0.15) is 5.69 Å². The molecule has 4 aromatic rings. The van der Waals surface area contributed by atoms with Crippen LogP contribution in [-0.2, 0) is 16.0 Å². The maximum Gasteiger partial charge on any atom is 0.339 e. The quantitative estimate of drug-likeness (QED) is 0.374. The molecule has 0 saturated heterocycles. The van der Waals surface area contributed by atoms with Gasteiger partial charge in [-0.15, -0.1) is 0 Å². The Bertz CT molecular complexity index is 1390. The monoisotopic (exact) mass is 478 g/mol. The second-order valence-corrected chi connectivity index (χ2v) is 7.45. The molecule has 2 N–H and O–H groups in total. The van der Waals surface area contributed by atoms with Crippen LogP contribution in [0.15, 0.2) is 60.8 Å². The molecule has 35 heavy (non-hydrogen) atoms. The van der Waals surface area contributed by atoms with Gasteiger partial charge < -0.3 is 14.8 Å². The third-order valence-corrected chi connectivity index (χ3v) is 5.37. The van der Waals surface area contributed by atoms with Crippen LogP contribution in [0.25, 0.3) is 22.4 Å². The number of rotatable bonds is 7. The zero-order valence-corrected chi connectivity index (χ0v) is 18.8. The maximum absolute atomic E-state index is 13.8. The van der Waals surface area contributed by atoms with Gasteiger partial charge in [0.25, 0.3) is 0 Å². The predicted octanol–water partition coefficient (Wildman–Crippen LogP) is 4.60. The molecule has 178 valence electrons. The number of halogens is 2. The van der Waals surface area contributed by atoms with E-state index < -0.39 is 23.6 Å². The highest BCUT2D eigenvalue weighted by atomic mass is 19.2. The summed E-state index contributed by atoms with van der Waals surface area (Å²) in [6, 6.07) is 13.5. The number of nitrogens with zero attached hydrogens (tertiary/aromatic N) is 2. The molecule has 0 unspecified atom stereocenters. The van der Waals surface area contributed by atoms with Crippen molar-refractivity contribution in [1.82, 2.24) is 15.4 Å². The van der Waals surface area contributed by atoms with E-state index in [0.29, 0.717) is 39.2 Å². The summed E-state index contributed by atoms with van der Waals surface area (Å²) in [5, 5.41) is 13.5. The summed E-state index contributed by atoms with van der Waals surface area (Å²) in [6.45, 7) is 0.148. The number of hydrogen-bond donors (Lipinski definition) is 2. The van der Waals surface area contributed by atoms with E-state index in [0.717, 1.165) is 12.1 Å². The number of ether oxygens (including phenoxy) is 2. The van der Waals surface area contributed by atoms with E-state index >= 15 is 0 Å². The molecular weight excluding hydrogens is 458 g/mol. The minimum atomic E-state index is -0.982. The van der Waals surface area contributed by atoms with E-state index in [1.807, 2.05) is 0 Å². The van der Waals surface area contributed by atoms with Crippen LogP contribution < -0.4 is 5.32 Å². The van der Waals surface area contributed by atoms with E-state index in [1.165, 1.54) is 32.5 Å². The van der Waals surface area contributed by atoms with Gasteiger partial charge in [0.15, 0.2) is 11.6 Å². The van der Waals surface area contributed by atoms with Crippen molar-refractivity contribution in [2.24, 2.45) is 0 Å². The molecule has 0 saturated carbocycles. The number of benzene rings is 3. The molecule has 4 rings (SSSR count). The third kappa shape index (κ3) is 5.01. The van der Waals surface area contributed by atoms with E-state index in [-0.39, 0.29) is 12.1 Å². The summed E-state index contributed by atoms with van der Waals surface area (Å²) in [5.74, 6) is -3.07. The molecule has 0 amide bonds. The normalized spacial score (nSPS) is 10.6. The Kier molecular flexibility index (Phi) is 6.81. The second-order valence-electron chi connectivity index (χ2n) is 7.45. The molecule has 1 aromatic heterocycles. The van der Waals surface area contributed by atoms with Gasteiger partial charge in [0.05, 0.1) is 31.5 Å². The van der Waals surface area contributed by atoms with Crippen molar-refractivity contribution in [3.05, 3.63) is 89.1 Å². The molecule has 1 heterocycles. The highest BCUT2D eigenvalue weighted by molar-refractivity contribution is 5.97. The number of aromatic amines is 1. The SMILES string of the molecule is COC(=O)c1cc(-c2cn[nH]n2)ccc1CNc1cc(-c2ccc(F)c(F)c2)ccc1C(=O)OC. The summed E-state index contributed by atoms with van der Waals surface area (Å²) in [7, 11) is 2.54. The molecule has 0 fully saturated rings. The topological polar surface area (TPSA) is 106 Å². The fourth-order valence-corrected chi connectivity index (χ4v) is 3.55. The van der Waals surface area contributed by atoms with Gasteiger partial charge in [-0.25, -0.2) is 18.4 Å². The van der Waals surface area contributed by atoms with Crippen molar-refractivity contribution in [2.75, 3.05) is 19.5 Å². The zero-order chi connectivity index (χ0) is 24.9. The molecule has 10 heteroatoms. The van der Waals surface area contributed by atoms with Crippen LogP contribution >= 0.6 is 0 Å². The second kappa shape index (κ2) is 10.1. The van der Waals surface area contributed by atoms with Gasteiger partial charge >= 0.3 is 11.9 Å².